The molecule has 1 saturated heterocycles. The molecule has 1 fully saturated rings. The van der Waals surface area contributed by atoms with Crippen LogP contribution in [0.15, 0.2) is 67.3 Å². The molecule has 0 bridgehead atoms. The number of rotatable bonds is 13. The van der Waals surface area contributed by atoms with Gasteiger partial charge in [0.1, 0.15) is 29.4 Å². The zero-order valence-electron chi connectivity index (χ0n) is 22.7. The van der Waals surface area contributed by atoms with E-state index >= 15 is 0 Å². The fraction of sp³-hybridized carbons (Fsp3) is 0.370. The van der Waals surface area contributed by atoms with Gasteiger partial charge in [-0.3, -0.25) is 4.52 Å². The van der Waals surface area contributed by atoms with E-state index in [0.29, 0.717) is 47.4 Å². The van der Waals surface area contributed by atoms with Gasteiger partial charge < -0.3 is 29.0 Å². The Morgan fingerprint density at radius 3 is 2.54 bits per heavy atom. The molecule has 1 unspecified atom stereocenters. The van der Waals surface area contributed by atoms with Crippen LogP contribution in [0.3, 0.4) is 0 Å². The molecule has 1 aliphatic heterocycles. The van der Waals surface area contributed by atoms with Crippen molar-refractivity contribution in [3.8, 4) is 11.5 Å². The van der Waals surface area contributed by atoms with Crippen molar-refractivity contribution in [3.05, 3.63) is 72.8 Å². The van der Waals surface area contributed by atoms with Crippen LogP contribution < -0.4 is 15.0 Å². The average molecular weight is 618 g/mol. The number of nitrogen functional groups attached to an aromatic ring is 1. The maximum Gasteiger partial charge on any atom is 0.405 e. The van der Waals surface area contributed by atoms with E-state index in [4.69, 9.17) is 29.0 Å². The van der Waals surface area contributed by atoms with Gasteiger partial charge in [0.15, 0.2) is 17.8 Å². The number of anilines is 1. The molecule has 0 aliphatic carbocycles. The number of hydrogen-bond donors (Lipinski definition) is 1. The molecule has 0 spiro atoms. The predicted octanol–water partition coefficient (Wildman–Crippen LogP) is 5.42. The monoisotopic (exact) mass is 617 g/mol. The summed E-state index contributed by atoms with van der Waals surface area (Å²) in [6.07, 6.45) is 1.68. The molecule has 2 aromatic carbocycles. The number of aromatic nitrogens is 4. The van der Waals surface area contributed by atoms with Gasteiger partial charge in [-0.2, -0.15) is 0 Å². The van der Waals surface area contributed by atoms with Gasteiger partial charge in [-0.1, -0.05) is 51.9 Å². The summed E-state index contributed by atoms with van der Waals surface area (Å²) in [4.78, 5) is 12.6. The molecule has 0 amide bonds. The fourth-order valence-electron chi connectivity index (χ4n) is 4.13. The van der Waals surface area contributed by atoms with Crippen LogP contribution in [0.25, 0.3) is 11.2 Å². The highest BCUT2D eigenvalue weighted by Crippen LogP contribution is 2.52. The molecule has 0 radical (unpaired) electrons. The van der Waals surface area contributed by atoms with Crippen molar-refractivity contribution in [2.75, 3.05) is 30.7 Å². The van der Waals surface area contributed by atoms with Crippen LogP contribution in [0.1, 0.15) is 12.5 Å². The minimum absolute atomic E-state index is 0.244. The first-order valence-corrected chi connectivity index (χ1v) is 17.2. The number of hydrogen-bond acceptors (Lipinski definition) is 12. The molecule has 2 N–H and O–H groups in total. The van der Waals surface area contributed by atoms with Gasteiger partial charge in [0, 0.05) is 11.5 Å². The molecule has 11 nitrogen and oxygen atoms in total. The number of imidazole rings is 1. The quantitative estimate of drug-likeness (QED) is 0.152. The lowest BCUT2D eigenvalue weighted by Gasteiger charge is -2.33. The summed E-state index contributed by atoms with van der Waals surface area (Å²) in [6.45, 7) is 2.67. The Kier molecular flexibility index (Phi) is 10.1. The van der Waals surface area contributed by atoms with Gasteiger partial charge in [-0.05, 0) is 36.8 Å². The highest BCUT2D eigenvalue weighted by molar-refractivity contribution is 8.76. The van der Waals surface area contributed by atoms with Gasteiger partial charge in [0.25, 0.3) is 0 Å². The summed E-state index contributed by atoms with van der Waals surface area (Å²) in [5.74, 6) is 2.81. The number of nitrogens with zero attached hydrogens (tertiary/aromatic N) is 4. The standard InChI is InChI=1S/C27H32N5O6PS2/c1-19(12-32-17-31-25-26(28)29-16-30-27(25)32)36-18-39(33,37-22-6-4-3-5-7-22)38-24-15-41-40-14-23(24)35-13-20-8-10-21(34-2)11-9-20/h3-11,16-17,19,23-24H,12-15,18H2,1-2H3,(H2,28,29,30)/t19-,23+,24+,39?/m1/s1. The summed E-state index contributed by atoms with van der Waals surface area (Å²) < 4.78 is 45.8. The molecular formula is C27H32N5O6PS2. The minimum Gasteiger partial charge on any atom is -0.497 e. The van der Waals surface area contributed by atoms with Crippen molar-refractivity contribution in [2.45, 2.75) is 38.4 Å². The zero-order chi connectivity index (χ0) is 28.7. The van der Waals surface area contributed by atoms with Crippen LogP contribution in [0.5, 0.6) is 11.5 Å². The Morgan fingerprint density at radius 1 is 1.02 bits per heavy atom. The summed E-state index contributed by atoms with van der Waals surface area (Å²) >= 11 is 0. The van der Waals surface area contributed by atoms with E-state index < -0.39 is 13.7 Å². The molecule has 3 heterocycles. The lowest BCUT2D eigenvalue weighted by Crippen LogP contribution is -2.38. The molecule has 1 aliphatic rings. The minimum atomic E-state index is -3.77. The number of methoxy groups -OCH3 is 1. The number of benzene rings is 2. The van der Waals surface area contributed by atoms with Crippen molar-refractivity contribution in [1.82, 2.24) is 19.5 Å². The lowest BCUT2D eigenvalue weighted by atomic mass is 10.2. The molecule has 218 valence electrons. The summed E-state index contributed by atoms with van der Waals surface area (Å²) in [6, 6.07) is 16.7. The topological polar surface area (TPSA) is 133 Å². The van der Waals surface area contributed by atoms with Crippen LogP contribution in [0, 0.1) is 0 Å². The molecule has 41 heavy (non-hydrogen) atoms. The normalized spacial score (nSPS) is 19.5. The van der Waals surface area contributed by atoms with E-state index in [1.807, 2.05) is 54.0 Å². The Hall–Kier alpha value is -2.80. The van der Waals surface area contributed by atoms with Crippen LogP contribution in [0.4, 0.5) is 5.82 Å². The van der Waals surface area contributed by atoms with E-state index in [9.17, 15) is 4.57 Å². The van der Waals surface area contributed by atoms with Crippen LogP contribution in [-0.2, 0) is 31.7 Å². The van der Waals surface area contributed by atoms with E-state index in [-0.39, 0.29) is 18.6 Å². The second-order valence-corrected chi connectivity index (χ2v) is 13.8. The first-order chi connectivity index (χ1) is 19.9. The van der Waals surface area contributed by atoms with Gasteiger partial charge >= 0.3 is 7.60 Å². The number of fused-ring (bicyclic) bond motifs is 1. The van der Waals surface area contributed by atoms with E-state index in [1.54, 1.807) is 47.2 Å². The van der Waals surface area contributed by atoms with Crippen LogP contribution in [0.2, 0.25) is 0 Å². The van der Waals surface area contributed by atoms with Crippen molar-refractivity contribution in [2.24, 2.45) is 0 Å². The van der Waals surface area contributed by atoms with Gasteiger partial charge in [-0.25, -0.2) is 19.5 Å². The molecule has 4 aromatic rings. The highest BCUT2D eigenvalue weighted by atomic mass is 33.1. The molecule has 0 saturated carbocycles. The van der Waals surface area contributed by atoms with E-state index in [0.717, 1.165) is 11.3 Å². The van der Waals surface area contributed by atoms with Crippen molar-refractivity contribution in [1.29, 1.82) is 0 Å². The molecule has 2 aromatic heterocycles. The van der Waals surface area contributed by atoms with Gasteiger partial charge in [0.2, 0.25) is 0 Å². The third-order valence-corrected chi connectivity index (χ3v) is 10.2. The van der Waals surface area contributed by atoms with Gasteiger partial charge in [-0.15, -0.1) is 0 Å². The van der Waals surface area contributed by atoms with E-state index in [1.165, 1.54) is 6.33 Å². The second-order valence-electron chi connectivity index (χ2n) is 9.36. The largest absolute Gasteiger partial charge is 0.497 e. The summed E-state index contributed by atoms with van der Waals surface area (Å²) in [5, 5.41) is 0. The average Bonchev–Trinajstić information content (AvgIpc) is 3.40. The molecule has 14 heteroatoms. The maximum absolute atomic E-state index is 14.2. The Balaban J connectivity index is 1.26. The maximum atomic E-state index is 14.2. The van der Waals surface area contributed by atoms with Crippen molar-refractivity contribution in [3.63, 3.8) is 0 Å². The van der Waals surface area contributed by atoms with Crippen molar-refractivity contribution < 1.29 is 27.8 Å². The molecule has 4 atom stereocenters. The second kappa shape index (κ2) is 13.9. The van der Waals surface area contributed by atoms with E-state index in [2.05, 4.69) is 15.0 Å². The molecular weight excluding hydrogens is 585 g/mol. The number of para-hydroxylation sites is 1. The fourth-order valence-corrected chi connectivity index (χ4v) is 8.33. The zero-order valence-corrected chi connectivity index (χ0v) is 25.2. The van der Waals surface area contributed by atoms with Crippen molar-refractivity contribution >= 4 is 46.2 Å². The third kappa shape index (κ3) is 7.94. The first kappa shape index (κ1) is 29.7. The predicted molar refractivity (Wildman–Crippen MR) is 161 cm³/mol. The van der Waals surface area contributed by atoms with Gasteiger partial charge in [0.05, 0.1) is 38.8 Å². The summed E-state index contributed by atoms with van der Waals surface area (Å²) in [5.41, 5.74) is 8.04. The summed E-state index contributed by atoms with van der Waals surface area (Å²) in [7, 11) is 1.23. The first-order valence-electron chi connectivity index (χ1n) is 13.0. The Labute approximate surface area is 246 Å². The van der Waals surface area contributed by atoms with Crippen LogP contribution >= 0.6 is 29.2 Å². The SMILES string of the molecule is COc1ccc(CO[C@H]2CSSC[C@@H]2OP(=O)(CO[C@H](C)Cn2cnc3c(N)ncnc32)Oc2ccccc2)cc1. The number of nitrogens with two attached hydrogens (primary N) is 1. The van der Waals surface area contributed by atoms with Crippen LogP contribution in [-0.4, -0.2) is 62.8 Å². The lowest BCUT2D eigenvalue weighted by molar-refractivity contribution is -0.0192. The number of ether oxygens (including phenoxy) is 3. The highest BCUT2D eigenvalue weighted by Gasteiger charge is 2.38. The Bertz CT molecular complexity index is 1460. The molecule has 5 rings (SSSR count). The smallest absolute Gasteiger partial charge is 0.405 e. The Morgan fingerprint density at radius 2 is 1.78 bits per heavy atom. The third-order valence-electron chi connectivity index (χ3n) is 6.27.